The summed E-state index contributed by atoms with van der Waals surface area (Å²) in [7, 11) is 0. The molecule has 0 unspecified atom stereocenters. The molecule has 0 aliphatic carbocycles. The number of ketones is 1. The molecule has 0 bridgehead atoms. The van der Waals surface area contributed by atoms with Crippen LogP contribution in [0.1, 0.15) is 42.3 Å². The largest absolute Gasteiger partial charge is 0.440 e. The Morgan fingerprint density at radius 2 is 1.75 bits per heavy atom. The fourth-order valence-corrected chi connectivity index (χ4v) is 2.61. The van der Waals surface area contributed by atoms with Crippen LogP contribution in [0.2, 0.25) is 0 Å². The van der Waals surface area contributed by atoms with Gasteiger partial charge < -0.3 is 9.73 Å². The zero-order valence-electron chi connectivity index (χ0n) is 14.2. The van der Waals surface area contributed by atoms with E-state index in [2.05, 4.69) is 5.32 Å². The first-order valence-corrected chi connectivity index (χ1v) is 7.86. The van der Waals surface area contributed by atoms with E-state index in [4.69, 9.17) is 4.42 Å². The summed E-state index contributed by atoms with van der Waals surface area (Å²) in [6.07, 6.45) is 0. The number of benzene rings is 2. The Morgan fingerprint density at radius 1 is 1.08 bits per heavy atom. The summed E-state index contributed by atoms with van der Waals surface area (Å²) < 4.78 is 19.0. The van der Waals surface area contributed by atoms with Crippen LogP contribution in [0.5, 0.6) is 0 Å². The molecule has 1 aromatic heterocycles. The Hall–Kier alpha value is -2.62. The Labute approximate surface area is 140 Å². The number of carbonyl (C=O) groups is 1. The van der Waals surface area contributed by atoms with Gasteiger partial charge in [-0.15, -0.1) is 0 Å². The van der Waals surface area contributed by atoms with Crippen LogP contribution in [0, 0.1) is 12.7 Å². The van der Waals surface area contributed by atoms with Crippen molar-refractivity contribution < 1.29 is 13.6 Å². The van der Waals surface area contributed by atoms with Crippen LogP contribution in [0.3, 0.4) is 0 Å². The lowest BCUT2D eigenvalue weighted by molar-refractivity contribution is 0.104. The molecule has 0 atom stereocenters. The summed E-state index contributed by atoms with van der Waals surface area (Å²) >= 11 is 0. The maximum atomic E-state index is 13.2. The zero-order chi connectivity index (χ0) is 17.5. The summed E-state index contributed by atoms with van der Waals surface area (Å²) in [5.41, 5.74) is 2.34. The molecular weight excluding hydrogens is 305 g/mol. The van der Waals surface area contributed by atoms with Gasteiger partial charge in [-0.2, -0.15) is 0 Å². The van der Waals surface area contributed by atoms with Gasteiger partial charge in [0.15, 0.2) is 5.78 Å². The molecule has 0 saturated heterocycles. The predicted molar refractivity (Wildman–Crippen MR) is 94.2 cm³/mol. The monoisotopic (exact) mass is 325 g/mol. The molecule has 0 radical (unpaired) electrons. The minimum absolute atomic E-state index is 0.189. The number of halogens is 1. The highest BCUT2D eigenvalue weighted by molar-refractivity contribution is 6.19. The van der Waals surface area contributed by atoms with Crippen LogP contribution in [0.15, 0.2) is 46.9 Å². The van der Waals surface area contributed by atoms with Gasteiger partial charge in [0.25, 0.3) is 0 Å². The maximum absolute atomic E-state index is 13.2. The number of aryl methyl sites for hydroxylation is 1. The lowest BCUT2D eigenvalue weighted by Crippen LogP contribution is -2.26. The van der Waals surface area contributed by atoms with Gasteiger partial charge in [0, 0.05) is 16.5 Å². The zero-order valence-corrected chi connectivity index (χ0v) is 14.2. The summed E-state index contributed by atoms with van der Waals surface area (Å²) in [6.45, 7) is 7.96. The molecule has 1 N–H and O–H groups in total. The first-order valence-electron chi connectivity index (χ1n) is 7.86. The highest BCUT2D eigenvalue weighted by Gasteiger charge is 2.25. The topological polar surface area (TPSA) is 42.2 Å². The molecular formula is C20H20FNO2. The first-order chi connectivity index (χ1) is 11.2. The summed E-state index contributed by atoms with van der Waals surface area (Å²) in [4.78, 5) is 13.0. The Bertz CT molecular complexity index is 902. The number of rotatable bonds is 3. The van der Waals surface area contributed by atoms with Crippen molar-refractivity contribution in [2.45, 2.75) is 33.2 Å². The summed E-state index contributed by atoms with van der Waals surface area (Å²) in [6, 6.07) is 11.3. The molecule has 4 heteroatoms. The highest BCUT2D eigenvalue weighted by atomic mass is 19.1. The molecule has 1 heterocycles. The molecule has 0 fully saturated rings. The van der Waals surface area contributed by atoms with Gasteiger partial charge >= 0.3 is 0 Å². The van der Waals surface area contributed by atoms with Gasteiger partial charge in [-0.3, -0.25) is 4.79 Å². The van der Waals surface area contributed by atoms with Gasteiger partial charge in [-0.25, -0.2) is 4.39 Å². The molecule has 3 rings (SSSR count). The van der Waals surface area contributed by atoms with Crippen LogP contribution in [0.4, 0.5) is 10.3 Å². The number of hydrogen-bond acceptors (Lipinski definition) is 3. The predicted octanol–water partition coefficient (Wildman–Crippen LogP) is 5.32. The third-order valence-corrected chi connectivity index (χ3v) is 3.67. The van der Waals surface area contributed by atoms with Crippen LogP contribution in [0.25, 0.3) is 11.0 Å². The Morgan fingerprint density at radius 3 is 2.38 bits per heavy atom. The van der Waals surface area contributed by atoms with Crippen molar-refractivity contribution in [1.29, 1.82) is 0 Å². The van der Waals surface area contributed by atoms with Crippen molar-refractivity contribution in [1.82, 2.24) is 0 Å². The Kier molecular flexibility index (Phi) is 3.91. The van der Waals surface area contributed by atoms with E-state index in [1.54, 1.807) is 0 Å². The molecule has 3 aromatic rings. The number of nitrogens with one attached hydrogen (secondary N) is 1. The van der Waals surface area contributed by atoms with E-state index in [0.29, 0.717) is 22.6 Å². The second-order valence-electron chi connectivity index (χ2n) is 7.02. The van der Waals surface area contributed by atoms with E-state index >= 15 is 0 Å². The number of fused-ring (bicyclic) bond motifs is 1. The van der Waals surface area contributed by atoms with Crippen LogP contribution in [-0.4, -0.2) is 11.3 Å². The molecule has 0 spiro atoms. The summed E-state index contributed by atoms with van der Waals surface area (Å²) in [5, 5.41) is 4.02. The molecule has 3 nitrogen and oxygen atoms in total. The van der Waals surface area contributed by atoms with E-state index in [1.807, 2.05) is 45.9 Å². The molecule has 0 aliphatic rings. The fraction of sp³-hybridized carbons (Fsp3) is 0.250. The molecule has 24 heavy (non-hydrogen) atoms. The van der Waals surface area contributed by atoms with Crippen molar-refractivity contribution in [2.75, 3.05) is 5.32 Å². The van der Waals surface area contributed by atoms with Crippen LogP contribution < -0.4 is 5.32 Å². The number of hydrogen-bond donors (Lipinski definition) is 1. The fourth-order valence-electron chi connectivity index (χ4n) is 2.61. The minimum Gasteiger partial charge on any atom is -0.440 e. The molecule has 0 aliphatic heterocycles. The quantitative estimate of drug-likeness (QED) is 0.663. The van der Waals surface area contributed by atoms with E-state index < -0.39 is 0 Å². The van der Waals surface area contributed by atoms with Crippen molar-refractivity contribution >= 4 is 22.6 Å². The normalized spacial score (nSPS) is 11.7. The lowest BCUT2D eigenvalue weighted by Gasteiger charge is -2.20. The van der Waals surface area contributed by atoms with Crippen molar-refractivity contribution in [3.8, 4) is 0 Å². The van der Waals surface area contributed by atoms with Gasteiger partial charge in [-0.05, 0) is 64.1 Å². The maximum Gasteiger partial charge on any atom is 0.205 e. The second kappa shape index (κ2) is 5.78. The van der Waals surface area contributed by atoms with E-state index in [9.17, 15) is 9.18 Å². The molecule has 124 valence electrons. The van der Waals surface area contributed by atoms with Gasteiger partial charge in [-0.1, -0.05) is 11.6 Å². The smallest absolute Gasteiger partial charge is 0.205 e. The third kappa shape index (κ3) is 3.18. The molecule has 2 aromatic carbocycles. The van der Waals surface area contributed by atoms with E-state index in [0.717, 1.165) is 10.9 Å². The number of furan rings is 1. The molecule has 0 saturated carbocycles. The first kappa shape index (κ1) is 16.2. The van der Waals surface area contributed by atoms with E-state index in [-0.39, 0.29) is 17.1 Å². The summed E-state index contributed by atoms with van der Waals surface area (Å²) in [5.74, 6) is -0.115. The SMILES string of the molecule is Cc1ccc2oc(NC(C)(C)C)c(C(=O)c3ccc(F)cc3)c2c1. The van der Waals surface area contributed by atoms with Crippen molar-refractivity contribution in [3.63, 3.8) is 0 Å². The second-order valence-corrected chi connectivity index (χ2v) is 7.02. The average molecular weight is 325 g/mol. The van der Waals surface area contributed by atoms with Crippen molar-refractivity contribution in [2.24, 2.45) is 0 Å². The lowest BCUT2D eigenvalue weighted by atomic mass is 10.00. The third-order valence-electron chi connectivity index (χ3n) is 3.67. The van der Waals surface area contributed by atoms with Crippen LogP contribution >= 0.6 is 0 Å². The van der Waals surface area contributed by atoms with Crippen molar-refractivity contribution in [3.05, 3.63) is 65.0 Å². The number of carbonyl (C=O) groups excluding carboxylic acids is 1. The van der Waals surface area contributed by atoms with Crippen LogP contribution in [-0.2, 0) is 0 Å². The standard InChI is InChI=1S/C20H20FNO2/c1-12-5-10-16-15(11-12)17(19(24-16)22-20(2,3)4)18(23)13-6-8-14(21)9-7-13/h5-11,22H,1-4H3. The van der Waals surface area contributed by atoms with Gasteiger partial charge in [0.1, 0.15) is 11.4 Å². The Balaban J connectivity index is 2.19. The average Bonchev–Trinajstić information content (AvgIpc) is 2.82. The van der Waals surface area contributed by atoms with Gasteiger partial charge in [0.05, 0.1) is 5.56 Å². The van der Waals surface area contributed by atoms with Gasteiger partial charge in [0.2, 0.25) is 5.88 Å². The van der Waals surface area contributed by atoms with E-state index in [1.165, 1.54) is 24.3 Å². The minimum atomic E-state index is -0.368. The number of anilines is 1. The molecule has 0 amide bonds. The highest BCUT2D eigenvalue weighted by Crippen LogP contribution is 2.34.